The van der Waals surface area contributed by atoms with Crippen molar-refractivity contribution in [3.8, 4) is 0 Å². The van der Waals surface area contributed by atoms with E-state index >= 15 is 0 Å². The molecule has 0 amide bonds. The lowest BCUT2D eigenvalue weighted by Gasteiger charge is -2.41. The Morgan fingerprint density at radius 2 is 1.83 bits per heavy atom. The van der Waals surface area contributed by atoms with Gasteiger partial charge in [-0.05, 0) is 50.7 Å². The van der Waals surface area contributed by atoms with Gasteiger partial charge in [0.1, 0.15) is 0 Å². The first-order valence-corrected chi connectivity index (χ1v) is 7.77. The molecule has 0 atom stereocenters. The van der Waals surface area contributed by atoms with Gasteiger partial charge in [-0.15, -0.1) is 0 Å². The molecule has 1 aliphatic heterocycles. The van der Waals surface area contributed by atoms with Crippen LogP contribution in [0.4, 0.5) is 0 Å². The molecule has 0 spiro atoms. The molecule has 0 aromatic carbocycles. The first-order valence-electron chi connectivity index (χ1n) is 7.77. The van der Waals surface area contributed by atoms with Gasteiger partial charge in [0.05, 0.1) is 0 Å². The number of nitrogens with one attached hydrogen (secondary N) is 1. The number of rotatable bonds is 9. The minimum atomic E-state index is 0.443. The van der Waals surface area contributed by atoms with Crippen LogP contribution in [0.2, 0.25) is 0 Å². The van der Waals surface area contributed by atoms with E-state index in [1.54, 1.807) is 0 Å². The van der Waals surface area contributed by atoms with Crippen molar-refractivity contribution in [3.63, 3.8) is 0 Å². The van der Waals surface area contributed by atoms with Crippen molar-refractivity contribution < 1.29 is 4.74 Å². The van der Waals surface area contributed by atoms with Gasteiger partial charge < -0.3 is 15.0 Å². The molecule has 3 heteroatoms. The van der Waals surface area contributed by atoms with E-state index in [0.717, 1.165) is 26.3 Å². The SMILES string of the molecule is CCCNCC1(CN(CC)CCC)CCOCC1. The topological polar surface area (TPSA) is 24.5 Å². The Morgan fingerprint density at radius 1 is 1.11 bits per heavy atom. The average Bonchev–Trinajstić information content (AvgIpc) is 2.40. The molecular weight excluding hydrogens is 224 g/mol. The quantitative estimate of drug-likeness (QED) is 0.642. The van der Waals surface area contributed by atoms with Gasteiger partial charge in [-0.3, -0.25) is 0 Å². The van der Waals surface area contributed by atoms with Crippen molar-refractivity contribution >= 4 is 0 Å². The summed E-state index contributed by atoms with van der Waals surface area (Å²) in [5, 5.41) is 3.63. The van der Waals surface area contributed by atoms with Crippen LogP contribution in [-0.2, 0) is 4.74 Å². The Bertz CT molecular complexity index is 203. The van der Waals surface area contributed by atoms with E-state index in [0.29, 0.717) is 5.41 Å². The van der Waals surface area contributed by atoms with Crippen molar-refractivity contribution in [1.82, 2.24) is 10.2 Å². The van der Waals surface area contributed by atoms with E-state index in [1.165, 1.54) is 45.3 Å². The molecule has 1 heterocycles. The number of nitrogens with zero attached hydrogens (tertiary/aromatic N) is 1. The zero-order valence-electron chi connectivity index (χ0n) is 12.6. The highest BCUT2D eigenvalue weighted by molar-refractivity contribution is 4.87. The van der Waals surface area contributed by atoms with Gasteiger partial charge in [0.15, 0.2) is 0 Å². The number of hydrogen-bond acceptors (Lipinski definition) is 3. The molecule has 1 N–H and O–H groups in total. The Balaban J connectivity index is 2.52. The van der Waals surface area contributed by atoms with E-state index < -0.39 is 0 Å². The highest BCUT2D eigenvalue weighted by Gasteiger charge is 2.33. The normalized spacial score (nSPS) is 19.3. The Hall–Kier alpha value is -0.120. The zero-order valence-corrected chi connectivity index (χ0v) is 12.6. The molecule has 1 fully saturated rings. The van der Waals surface area contributed by atoms with Gasteiger partial charge in [-0.2, -0.15) is 0 Å². The van der Waals surface area contributed by atoms with Crippen LogP contribution in [0, 0.1) is 5.41 Å². The van der Waals surface area contributed by atoms with Crippen molar-refractivity contribution in [2.45, 2.75) is 46.5 Å². The van der Waals surface area contributed by atoms with Crippen LogP contribution < -0.4 is 5.32 Å². The summed E-state index contributed by atoms with van der Waals surface area (Å²) in [7, 11) is 0. The standard InChI is InChI=1S/C15H32N2O/c1-4-9-16-13-15(7-11-18-12-8-15)14-17(6-3)10-5-2/h16H,4-14H2,1-3H3. The second kappa shape index (κ2) is 8.89. The van der Waals surface area contributed by atoms with Crippen LogP contribution in [0.5, 0.6) is 0 Å². The van der Waals surface area contributed by atoms with Crippen molar-refractivity contribution in [2.75, 3.05) is 45.9 Å². The molecule has 0 saturated carbocycles. The summed E-state index contributed by atoms with van der Waals surface area (Å²) in [6.07, 6.45) is 4.90. The van der Waals surface area contributed by atoms with Crippen LogP contribution >= 0.6 is 0 Å². The molecule has 3 nitrogen and oxygen atoms in total. The summed E-state index contributed by atoms with van der Waals surface area (Å²) in [4.78, 5) is 2.61. The second-order valence-corrected chi connectivity index (χ2v) is 5.66. The molecule has 1 rings (SSSR count). The number of hydrogen-bond donors (Lipinski definition) is 1. The summed E-state index contributed by atoms with van der Waals surface area (Å²) in [5.41, 5.74) is 0.443. The maximum absolute atomic E-state index is 5.56. The van der Waals surface area contributed by atoms with Crippen LogP contribution in [0.25, 0.3) is 0 Å². The van der Waals surface area contributed by atoms with Crippen molar-refractivity contribution in [3.05, 3.63) is 0 Å². The molecule has 1 aliphatic rings. The summed E-state index contributed by atoms with van der Waals surface area (Å²) in [6.45, 7) is 14.6. The van der Waals surface area contributed by atoms with E-state index in [2.05, 4.69) is 31.0 Å². The molecule has 1 saturated heterocycles. The molecule has 0 bridgehead atoms. The predicted octanol–water partition coefficient (Wildman–Crippen LogP) is 2.51. The zero-order chi connectivity index (χ0) is 13.3. The van der Waals surface area contributed by atoms with Gasteiger partial charge in [0, 0.05) is 26.3 Å². The van der Waals surface area contributed by atoms with Gasteiger partial charge >= 0.3 is 0 Å². The molecule has 0 unspecified atom stereocenters. The number of ether oxygens (including phenoxy) is 1. The maximum atomic E-state index is 5.56. The molecule has 0 aliphatic carbocycles. The molecule has 0 radical (unpaired) electrons. The molecule has 0 aromatic rings. The molecular formula is C15H32N2O. The first-order chi connectivity index (χ1) is 8.76. The molecule has 18 heavy (non-hydrogen) atoms. The fraction of sp³-hybridized carbons (Fsp3) is 1.00. The largest absolute Gasteiger partial charge is 0.381 e. The third-order valence-corrected chi connectivity index (χ3v) is 4.03. The summed E-state index contributed by atoms with van der Waals surface area (Å²) < 4.78 is 5.56. The van der Waals surface area contributed by atoms with E-state index in [1.807, 2.05) is 0 Å². The monoisotopic (exact) mass is 256 g/mol. The van der Waals surface area contributed by atoms with E-state index in [-0.39, 0.29) is 0 Å². The summed E-state index contributed by atoms with van der Waals surface area (Å²) in [5.74, 6) is 0. The van der Waals surface area contributed by atoms with Crippen LogP contribution in [0.1, 0.15) is 46.5 Å². The lowest BCUT2D eigenvalue weighted by Crippen LogP contribution is -2.47. The van der Waals surface area contributed by atoms with E-state index in [4.69, 9.17) is 4.74 Å². The third kappa shape index (κ3) is 5.25. The minimum absolute atomic E-state index is 0.443. The fourth-order valence-electron chi connectivity index (χ4n) is 2.87. The Labute approximate surface area is 113 Å². The lowest BCUT2D eigenvalue weighted by atomic mass is 9.79. The van der Waals surface area contributed by atoms with E-state index in [9.17, 15) is 0 Å². The smallest absolute Gasteiger partial charge is 0.0472 e. The Kier molecular flexibility index (Phi) is 7.87. The minimum Gasteiger partial charge on any atom is -0.381 e. The van der Waals surface area contributed by atoms with Gasteiger partial charge in [0.2, 0.25) is 0 Å². The van der Waals surface area contributed by atoms with Crippen LogP contribution in [0.3, 0.4) is 0 Å². The highest BCUT2D eigenvalue weighted by atomic mass is 16.5. The van der Waals surface area contributed by atoms with Crippen molar-refractivity contribution in [2.24, 2.45) is 5.41 Å². The lowest BCUT2D eigenvalue weighted by molar-refractivity contribution is -0.00355. The molecule has 0 aromatic heterocycles. The summed E-state index contributed by atoms with van der Waals surface area (Å²) in [6, 6.07) is 0. The average molecular weight is 256 g/mol. The van der Waals surface area contributed by atoms with Gasteiger partial charge in [-0.25, -0.2) is 0 Å². The van der Waals surface area contributed by atoms with Crippen LogP contribution in [0.15, 0.2) is 0 Å². The van der Waals surface area contributed by atoms with Gasteiger partial charge in [-0.1, -0.05) is 20.8 Å². The summed E-state index contributed by atoms with van der Waals surface area (Å²) >= 11 is 0. The van der Waals surface area contributed by atoms with Crippen molar-refractivity contribution in [1.29, 1.82) is 0 Å². The van der Waals surface area contributed by atoms with Crippen LogP contribution in [-0.4, -0.2) is 50.8 Å². The van der Waals surface area contributed by atoms with Gasteiger partial charge in [0.25, 0.3) is 0 Å². The third-order valence-electron chi connectivity index (χ3n) is 4.03. The predicted molar refractivity (Wildman–Crippen MR) is 78.1 cm³/mol. The second-order valence-electron chi connectivity index (χ2n) is 5.66. The molecule has 108 valence electrons. The maximum Gasteiger partial charge on any atom is 0.0472 e. The fourth-order valence-corrected chi connectivity index (χ4v) is 2.87. The first kappa shape index (κ1) is 15.9. The highest BCUT2D eigenvalue weighted by Crippen LogP contribution is 2.31. The Morgan fingerprint density at radius 3 is 2.39 bits per heavy atom.